The van der Waals surface area contributed by atoms with Crippen LogP contribution in [0.2, 0.25) is 0 Å². The third-order valence-electron chi connectivity index (χ3n) is 2.51. The van der Waals surface area contributed by atoms with Crippen LogP contribution < -0.4 is 0 Å². The molecule has 3 heteroatoms. The first-order valence-electron chi connectivity index (χ1n) is 5.15. The van der Waals surface area contributed by atoms with Gasteiger partial charge in [0.25, 0.3) is 0 Å². The zero-order valence-electron chi connectivity index (χ0n) is 8.98. The van der Waals surface area contributed by atoms with Gasteiger partial charge in [-0.15, -0.1) is 11.3 Å². The molecule has 0 saturated carbocycles. The standard InChI is InChI=1S/C13H13FOS/c1-9(15)12-6-7-16-13(12)8-10-2-4-11(14)5-3-10/h2-7,9,15H,8H2,1H3. The molecule has 1 unspecified atom stereocenters. The van der Waals surface area contributed by atoms with Crippen LogP contribution in [0.4, 0.5) is 4.39 Å². The maximum absolute atomic E-state index is 12.7. The number of halogens is 1. The summed E-state index contributed by atoms with van der Waals surface area (Å²) in [4.78, 5) is 1.14. The first kappa shape index (κ1) is 11.3. The Bertz CT molecular complexity index is 459. The van der Waals surface area contributed by atoms with Gasteiger partial charge in [0, 0.05) is 11.3 Å². The van der Waals surface area contributed by atoms with E-state index in [0.717, 1.165) is 22.4 Å². The highest BCUT2D eigenvalue weighted by Crippen LogP contribution is 2.25. The first-order valence-corrected chi connectivity index (χ1v) is 6.03. The fourth-order valence-electron chi connectivity index (χ4n) is 1.65. The highest BCUT2D eigenvalue weighted by atomic mass is 32.1. The van der Waals surface area contributed by atoms with Crippen molar-refractivity contribution >= 4 is 11.3 Å². The lowest BCUT2D eigenvalue weighted by atomic mass is 10.1. The molecule has 1 nitrogen and oxygen atoms in total. The molecule has 0 aliphatic carbocycles. The van der Waals surface area contributed by atoms with Gasteiger partial charge in [-0.05, 0) is 41.6 Å². The van der Waals surface area contributed by atoms with Gasteiger partial charge in [0.2, 0.25) is 0 Å². The quantitative estimate of drug-likeness (QED) is 0.864. The van der Waals surface area contributed by atoms with Gasteiger partial charge in [-0.2, -0.15) is 0 Å². The molecule has 0 amide bonds. The molecule has 1 heterocycles. The van der Waals surface area contributed by atoms with E-state index in [-0.39, 0.29) is 5.82 Å². The average molecular weight is 236 g/mol. The van der Waals surface area contributed by atoms with Crippen molar-refractivity contribution in [3.05, 3.63) is 57.5 Å². The summed E-state index contributed by atoms with van der Waals surface area (Å²) in [6.07, 6.45) is 0.305. The maximum atomic E-state index is 12.7. The number of aliphatic hydroxyl groups excluding tert-OH is 1. The van der Waals surface area contributed by atoms with Crippen molar-refractivity contribution in [2.24, 2.45) is 0 Å². The molecular formula is C13H13FOS. The SMILES string of the molecule is CC(O)c1ccsc1Cc1ccc(F)cc1. The Morgan fingerprint density at radius 2 is 1.94 bits per heavy atom. The van der Waals surface area contributed by atoms with E-state index >= 15 is 0 Å². The summed E-state index contributed by atoms with van der Waals surface area (Å²) < 4.78 is 12.7. The van der Waals surface area contributed by atoms with Crippen molar-refractivity contribution in [3.63, 3.8) is 0 Å². The second kappa shape index (κ2) is 4.76. The minimum absolute atomic E-state index is 0.217. The first-order chi connectivity index (χ1) is 7.66. The molecule has 1 atom stereocenters. The van der Waals surface area contributed by atoms with E-state index in [1.54, 1.807) is 30.4 Å². The fourth-order valence-corrected chi connectivity index (χ4v) is 2.66. The van der Waals surface area contributed by atoms with Crippen molar-refractivity contribution in [1.82, 2.24) is 0 Å². The number of hydrogen-bond donors (Lipinski definition) is 1. The highest BCUT2D eigenvalue weighted by Gasteiger charge is 2.09. The molecular weight excluding hydrogens is 223 g/mol. The van der Waals surface area contributed by atoms with Crippen LogP contribution in [0.3, 0.4) is 0 Å². The zero-order chi connectivity index (χ0) is 11.5. The summed E-state index contributed by atoms with van der Waals surface area (Å²) in [6.45, 7) is 1.76. The topological polar surface area (TPSA) is 20.2 Å². The van der Waals surface area contributed by atoms with Gasteiger partial charge in [0.05, 0.1) is 6.10 Å². The van der Waals surface area contributed by atoms with E-state index in [1.165, 1.54) is 12.1 Å². The van der Waals surface area contributed by atoms with Crippen molar-refractivity contribution in [2.75, 3.05) is 0 Å². The van der Waals surface area contributed by atoms with Crippen molar-refractivity contribution in [2.45, 2.75) is 19.4 Å². The Kier molecular flexibility index (Phi) is 3.36. The Hall–Kier alpha value is -1.19. The third-order valence-corrected chi connectivity index (χ3v) is 3.44. The highest BCUT2D eigenvalue weighted by molar-refractivity contribution is 7.10. The van der Waals surface area contributed by atoms with Gasteiger partial charge in [-0.25, -0.2) is 4.39 Å². The summed E-state index contributed by atoms with van der Waals surface area (Å²) >= 11 is 1.62. The fraction of sp³-hybridized carbons (Fsp3) is 0.231. The van der Waals surface area contributed by atoms with Crippen molar-refractivity contribution in [1.29, 1.82) is 0 Å². The second-order valence-corrected chi connectivity index (χ2v) is 4.78. The predicted molar refractivity (Wildman–Crippen MR) is 64.2 cm³/mol. The lowest BCUT2D eigenvalue weighted by Crippen LogP contribution is -1.94. The summed E-state index contributed by atoms with van der Waals surface area (Å²) in [6, 6.07) is 8.42. The van der Waals surface area contributed by atoms with Crippen LogP contribution in [0.15, 0.2) is 35.7 Å². The molecule has 84 valence electrons. The van der Waals surface area contributed by atoms with Crippen LogP contribution in [0.1, 0.15) is 29.0 Å². The van der Waals surface area contributed by atoms with Crippen LogP contribution in [0, 0.1) is 5.82 Å². The van der Waals surface area contributed by atoms with Crippen LogP contribution in [-0.2, 0) is 6.42 Å². The molecule has 0 bridgehead atoms. The number of aliphatic hydroxyl groups is 1. The molecule has 0 radical (unpaired) electrons. The molecule has 1 aromatic carbocycles. The van der Waals surface area contributed by atoms with Crippen LogP contribution in [-0.4, -0.2) is 5.11 Å². The Morgan fingerprint density at radius 3 is 2.56 bits per heavy atom. The van der Waals surface area contributed by atoms with Crippen LogP contribution in [0.5, 0.6) is 0 Å². The van der Waals surface area contributed by atoms with Crippen molar-refractivity contribution in [3.8, 4) is 0 Å². The lowest BCUT2D eigenvalue weighted by Gasteiger charge is -2.06. The van der Waals surface area contributed by atoms with Gasteiger partial charge in [0.1, 0.15) is 5.82 Å². The molecule has 2 aromatic rings. The number of hydrogen-bond acceptors (Lipinski definition) is 2. The summed E-state index contributed by atoms with van der Waals surface area (Å²) in [5, 5.41) is 11.5. The molecule has 1 aromatic heterocycles. The summed E-state index contributed by atoms with van der Waals surface area (Å²) in [5.74, 6) is -0.217. The monoisotopic (exact) mass is 236 g/mol. The number of rotatable bonds is 3. The summed E-state index contributed by atoms with van der Waals surface area (Å²) in [7, 11) is 0. The molecule has 0 aliphatic heterocycles. The zero-order valence-corrected chi connectivity index (χ0v) is 9.80. The Labute approximate surface area is 98.2 Å². The third kappa shape index (κ3) is 2.49. The van der Waals surface area contributed by atoms with Gasteiger partial charge < -0.3 is 5.11 Å². The smallest absolute Gasteiger partial charge is 0.123 e. The maximum Gasteiger partial charge on any atom is 0.123 e. The normalized spacial score (nSPS) is 12.7. The van der Waals surface area contributed by atoms with E-state index in [9.17, 15) is 9.50 Å². The minimum Gasteiger partial charge on any atom is -0.389 e. The van der Waals surface area contributed by atoms with E-state index in [2.05, 4.69) is 0 Å². The molecule has 1 N–H and O–H groups in total. The van der Waals surface area contributed by atoms with Gasteiger partial charge in [0.15, 0.2) is 0 Å². The number of benzene rings is 1. The van der Waals surface area contributed by atoms with Gasteiger partial charge >= 0.3 is 0 Å². The summed E-state index contributed by atoms with van der Waals surface area (Å²) in [5.41, 5.74) is 2.03. The average Bonchev–Trinajstić information content (AvgIpc) is 2.69. The predicted octanol–water partition coefficient (Wildman–Crippen LogP) is 3.53. The van der Waals surface area contributed by atoms with Gasteiger partial charge in [-0.3, -0.25) is 0 Å². The minimum atomic E-state index is -0.443. The molecule has 0 aliphatic rings. The Balaban J connectivity index is 2.20. The second-order valence-electron chi connectivity index (χ2n) is 3.78. The van der Waals surface area contributed by atoms with Crippen LogP contribution >= 0.6 is 11.3 Å². The lowest BCUT2D eigenvalue weighted by molar-refractivity contribution is 0.199. The van der Waals surface area contributed by atoms with Crippen molar-refractivity contribution < 1.29 is 9.50 Å². The largest absolute Gasteiger partial charge is 0.389 e. The Morgan fingerprint density at radius 1 is 1.25 bits per heavy atom. The van der Waals surface area contributed by atoms with E-state index in [4.69, 9.17) is 0 Å². The molecule has 2 rings (SSSR count). The number of thiophene rings is 1. The molecule has 0 fully saturated rings. The van der Waals surface area contributed by atoms with Gasteiger partial charge in [-0.1, -0.05) is 12.1 Å². The molecule has 0 saturated heterocycles. The van der Waals surface area contributed by atoms with E-state index in [0.29, 0.717) is 0 Å². The van der Waals surface area contributed by atoms with E-state index in [1.807, 2.05) is 11.4 Å². The molecule has 0 spiro atoms. The van der Waals surface area contributed by atoms with Crippen LogP contribution in [0.25, 0.3) is 0 Å². The molecule has 16 heavy (non-hydrogen) atoms. The van der Waals surface area contributed by atoms with E-state index < -0.39 is 6.10 Å².